The monoisotopic (exact) mass is 136 g/mol. The molecule has 0 unspecified atom stereocenters. The maximum Gasteiger partial charge on any atom is 0.248 e. The van der Waals surface area contributed by atoms with Crippen LogP contribution in [0.4, 0.5) is 0 Å². The van der Waals surface area contributed by atoms with Gasteiger partial charge in [-0.05, 0) is 12.2 Å². The molecular formula is C6H6N3O. The Labute approximate surface area is 57.9 Å². The molecule has 0 spiro atoms. The van der Waals surface area contributed by atoms with E-state index in [2.05, 4.69) is 5.32 Å². The Kier molecular flexibility index (Phi) is 1.53. The van der Waals surface area contributed by atoms with Gasteiger partial charge in [0.25, 0.3) is 0 Å². The smallest absolute Gasteiger partial charge is 0.248 e. The van der Waals surface area contributed by atoms with Gasteiger partial charge in [0.1, 0.15) is 5.84 Å². The van der Waals surface area contributed by atoms with Crippen molar-refractivity contribution in [3.63, 3.8) is 0 Å². The summed E-state index contributed by atoms with van der Waals surface area (Å²) in [5.41, 5.74) is 5.25. The fraction of sp³-hybridized carbons (Fsp3) is 0. The van der Waals surface area contributed by atoms with Gasteiger partial charge in [-0.15, -0.1) is 0 Å². The van der Waals surface area contributed by atoms with Gasteiger partial charge in [-0.1, -0.05) is 0 Å². The van der Waals surface area contributed by atoms with Crippen molar-refractivity contribution in [3.8, 4) is 0 Å². The van der Waals surface area contributed by atoms with Gasteiger partial charge in [0.2, 0.25) is 5.91 Å². The second-order valence-corrected chi connectivity index (χ2v) is 1.79. The minimum absolute atomic E-state index is 0.0521. The molecule has 1 aliphatic heterocycles. The molecule has 10 heavy (non-hydrogen) atoms. The number of primary amides is 1. The van der Waals surface area contributed by atoms with E-state index >= 15 is 0 Å². The fourth-order valence-electron chi connectivity index (χ4n) is 0.584. The molecule has 0 saturated heterocycles. The summed E-state index contributed by atoms with van der Waals surface area (Å²) in [4.78, 5) is 10.5. The van der Waals surface area contributed by atoms with Gasteiger partial charge >= 0.3 is 0 Å². The van der Waals surface area contributed by atoms with Crippen molar-refractivity contribution in [2.75, 3.05) is 0 Å². The average molecular weight is 136 g/mol. The molecule has 0 aromatic heterocycles. The second kappa shape index (κ2) is 2.34. The third-order valence-corrected chi connectivity index (χ3v) is 1.04. The summed E-state index contributed by atoms with van der Waals surface area (Å²) >= 11 is 0. The molecule has 4 nitrogen and oxygen atoms in total. The van der Waals surface area contributed by atoms with Crippen molar-refractivity contribution in [2.45, 2.75) is 0 Å². The molecule has 0 atom stereocenters. The van der Waals surface area contributed by atoms with Crippen LogP contribution >= 0.6 is 0 Å². The molecule has 0 aromatic rings. The zero-order valence-corrected chi connectivity index (χ0v) is 5.16. The predicted octanol–water partition coefficient (Wildman–Crippen LogP) is -0.493. The average Bonchev–Trinajstić information content (AvgIpc) is 1.88. The molecule has 0 saturated carbocycles. The van der Waals surface area contributed by atoms with Crippen molar-refractivity contribution in [1.82, 2.24) is 5.32 Å². The topological polar surface area (TPSA) is 81.0 Å². The highest BCUT2D eigenvalue weighted by atomic mass is 16.1. The lowest BCUT2D eigenvalue weighted by molar-refractivity contribution is -0.114. The Hall–Kier alpha value is -1.58. The highest BCUT2D eigenvalue weighted by molar-refractivity contribution is 6.04. The molecule has 0 fully saturated rings. The number of nitrogens with zero attached hydrogens (tertiary/aromatic N) is 1. The van der Waals surface area contributed by atoms with Gasteiger partial charge in [0.05, 0.1) is 0 Å². The zero-order chi connectivity index (χ0) is 7.56. The Morgan fingerprint density at radius 2 is 2.40 bits per heavy atom. The van der Waals surface area contributed by atoms with Crippen LogP contribution in [-0.4, -0.2) is 11.7 Å². The maximum absolute atomic E-state index is 10.5. The molecule has 0 aliphatic carbocycles. The van der Waals surface area contributed by atoms with Gasteiger partial charge in [-0.2, -0.15) is 0 Å². The predicted molar refractivity (Wildman–Crippen MR) is 36.3 cm³/mol. The molecule has 1 heterocycles. The minimum Gasteiger partial charge on any atom is -0.366 e. The largest absolute Gasteiger partial charge is 0.366 e. The first-order valence-corrected chi connectivity index (χ1v) is 2.67. The van der Waals surface area contributed by atoms with E-state index in [1.807, 2.05) is 0 Å². The van der Waals surface area contributed by atoms with E-state index < -0.39 is 5.91 Å². The lowest BCUT2D eigenvalue weighted by atomic mass is 10.2. The number of hydrogen-bond acceptors (Lipinski definition) is 2. The number of carbonyl (C=O) groups is 1. The number of rotatable bonds is 1. The number of amides is 1. The number of amidine groups is 1. The molecule has 0 aromatic carbocycles. The van der Waals surface area contributed by atoms with E-state index in [1.54, 1.807) is 0 Å². The van der Waals surface area contributed by atoms with Crippen LogP contribution in [0.15, 0.2) is 23.9 Å². The Morgan fingerprint density at radius 3 is 2.80 bits per heavy atom. The SMILES string of the molecule is N=C1C=C(C(N)=O)C=C[N]1. The van der Waals surface area contributed by atoms with Crippen LogP contribution in [-0.2, 0) is 4.79 Å². The minimum atomic E-state index is -0.532. The van der Waals surface area contributed by atoms with Crippen molar-refractivity contribution in [3.05, 3.63) is 23.9 Å². The van der Waals surface area contributed by atoms with E-state index in [-0.39, 0.29) is 5.84 Å². The van der Waals surface area contributed by atoms with E-state index in [1.165, 1.54) is 18.4 Å². The first-order valence-electron chi connectivity index (χ1n) is 2.67. The highest BCUT2D eigenvalue weighted by Crippen LogP contribution is 1.99. The lowest BCUT2D eigenvalue weighted by Gasteiger charge is -2.01. The Balaban J connectivity index is 2.86. The highest BCUT2D eigenvalue weighted by Gasteiger charge is 2.05. The van der Waals surface area contributed by atoms with Crippen molar-refractivity contribution in [2.24, 2.45) is 5.73 Å². The van der Waals surface area contributed by atoms with Crippen LogP contribution in [0.5, 0.6) is 0 Å². The standard InChI is InChI=1S/C6H6N3O/c7-5-3-4(6(8)10)1-2-9-5/h1-3,7H,(H2,8,10). The second-order valence-electron chi connectivity index (χ2n) is 1.79. The Morgan fingerprint density at radius 1 is 1.70 bits per heavy atom. The zero-order valence-electron chi connectivity index (χ0n) is 5.16. The first kappa shape index (κ1) is 6.54. The molecule has 3 N–H and O–H groups in total. The van der Waals surface area contributed by atoms with Crippen LogP contribution in [0.1, 0.15) is 0 Å². The van der Waals surface area contributed by atoms with Crippen molar-refractivity contribution in [1.29, 1.82) is 5.41 Å². The van der Waals surface area contributed by atoms with Gasteiger partial charge in [-0.25, -0.2) is 5.32 Å². The third kappa shape index (κ3) is 1.22. The fourth-order valence-corrected chi connectivity index (χ4v) is 0.584. The van der Waals surface area contributed by atoms with Crippen molar-refractivity contribution >= 4 is 11.7 Å². The molecule has 0 bridgehead atoms. The Bertz CT molecular complexity index is 237. The number of nitrogens with one attached hydrogen (secondary N) is 1. The maximum atomic E-state index is 10.5. The van der Waals surface area contributed by atoms with Crippen LogP contribution in [0.25, 0.3) is 0 Å². The number of carbonyl (C=O) groups excluding carboxylic acids is 1. The van der Waals surface area contributed by atoms with Gasteiger partial charge in [-0.3, -0.25) is 10.2 Å². The quantitative estimate of drug-likeness (QED) is 0.501. The van der Waals surface area contributed by atoms with Crippen LogP contribution < -0.4 is 11.1 Å². The molecule has 1 aliphatic rings. The number of nitrogens with two attached hydrogens (primary N) is 1. The third-order valence-electron chi connectivity index (χ3n) is 1.04. The molecule has 51 valence electrons. The van der Waals surface area contributed by atoms with Crippen molar-refractivity contribution < 1.29 is 4.79 Å². The summed E-state index contributed by atoms with van der Waals surface area (Å²) in [5, 5.41) is 10.6. The molecule has 1 amide bonds. The summed E-state index contributed by atoms with van der Waals surface area (Å²) in [7, 11) is 0. The normalized spacial score (nSPS) is 16.0. The summed E-state index contributed by atoms with van der Waals surface area (Å²) < 4.78 is 0. The molecule has 1 rings (SSSR count). The van der Waals surface area contributed by atoms with Crippen LogP contribution in [0, 0.1) is 5.41 Å². The van der Waals surface area contributed by atoms with E-state index in [0.29, 0.717) is 5.57 Å². The summed E-state index contributed by atoms with van der Waals surface area (Å²) in [6.45, 7) is 0. The van der Waals surface area contributed by atoms with E-state index in [0.717, 1.165) is 0 Å². The van der Waals surface area contributed by atoms with Gasteiger partial charge < -0.3 is 5.73 Å². The van der Waals surface area contributed by atoms with Crippen LogP contribution in [0.3, 0.4) is 0 Å². The van der Waals surface area contributed by atoms with E-state index in [9.17, 15) is 4.79 Å². The summed E-state index contributed by atoms with van der Waals surface area (Å²) in [5.74, 6) is -0.479. The van der Waals surface area contributed by atoms with Crippen LogP contribution in [0.2, 0.25) is 0 Å². The lowest BCUT2D eigenvalue weighted by Crippen LogP contribution is -2.18. The first-order chi connectivity index (χ1) is 4.70. The van der Waals surface area contributed by atoms with Gasteiger partial charge in [0.15, 0.2) is 0 Å². The molecular weight excluding hydrogens is 130 g/mol. The molecule has 4 heteroatoms. The van der Waals surface area contributed by atoms with Gasteiger partial charge in [0, 0.05) is 11.8 Å². The summed E-state index contributed by atoms with van der Waals surface area (Å²) in [6, 6.07) is 0. The number of hydrogen-bond donors (Lipinski definition) is 2. The van der Waals surface area contributed by atoms with E-state index in [4.69, 9.17) is 11.1 Å². The summed E-state index contributed by atoms with van der Waals surface area (Å²) in [6.07, 6.45) is 4.17. The molecule has 1 radical (unpaired) electrons.